The van der Waals surface area contributed by atoms with Crippen LogP contribution >= 0.6 is 0 Å². The first-order chi connectivity index (χ1) is 12.1. The third-order valence-corrected chi connectivity index (χ3v) is 4.33. The fourth-order valence-corrected chi connectivity index (χ4v) is 2.98. The van der Waals surface area contributed by atoms with Gasteiger partial charge in [0.25, 0.3) is 0 Å². The molecule has 25 heavy (non-hydrogen) atoms. The van der Waals surface area contributed by atoms with Gasteiger partial charge in [0.05, 0.1) is 6.61 Å². The number of hydrogen-bond acceptors (Lipinski definition) is 3. The molecule has 0 amide bonds. The second kappa shape index (κ2) is 9.28. The molecule has 2 aromatic rings. The van der Waals surface area contributed by atoms with E-state index in [-0.39, 0.29) is 11.8 Å². The van der Waals surface area contributed by atoms with Crippen molar-refractivity contribution in [2.45, 2.75) is 19.3 Å². The molecular weight excluding hydrogens is 322 g/mol. The molecule has 2 heterocycles. The Morgan fingerprint density at radius 1 is 1.20 bits per heavy atom. The molecule has 0 bridgehead atoms. The van der Waals surface area contributed by atoms with Gasteiger partial charge in [-0.05, 0) is 43.1 Å². The molecule has 3 rings (SSSR count). The molecule has 1 aromatic carbocycles. The van der Waals surface area contributed by atoms with E-state index in [9.17, 15) is 8.78 Å². The fourth-order valence-electron chi connectivity index (χ4n) is 2.98. The summed E-state index contributed by atoms with van der Waals surface area (Å²) in [5.74, 6) is -0.672. The maximum atomic E-state index is 13.5. The molecule has 1 fully saturated rings. The van der Waals surface area contributed by atoms with Crippen LogP contribution in [0.4, 0.5) is 8.78 Å². The van der Waals surface area contributed by atoms with Gasteiger partial charge in [0.1, 0.15) is 0 Å². The number of nitrogens with zero attached hydrogens (tertiary/aromatic N) is 1. The summed E-state index contributed by atoms with van der Waals surface area (Å²) in [4.78, 5) is 4.24. The summed E-state index contributed by atoms with van der Waals surface area (Å²) in [5, 5.41) is 3.32. The highest BCUT2D eigenvalue weighted by Crippen LogP contribution is 2.30. The minimum absolute atomic E-state index is 0.101. The Bertz CT molecular complexity index is 676. The highest BCUT2D eigenvalue weighted by molar-refractivity contribution is 5.24. The number of ether oxygens (including phenoxy) is 1. The van der Waals surface area contributed by atoms with E-state index in [0.29, 0.717) is 12.5 Å². The molecule has 1 aliphatic rings. The average molecular weight is 346 g/mol. The predicted molar refractivity (Wildman–Crippen MR) is 95.8 cm³/mol. The Labute approximate surface area is 147 Å². The summed E-state index contributed by atoms with van der Waals surface area (Å²) < 4.78 is 32.5. The number of aromatic nitrogens is 1. The number of hydrogen-bond donors (Lipinski definition) is 1. The van der Waals surface area contributed by atoms with Crippen LogP contribution in [0.1, 0.15) is 23.5 Å². The van der Waals surface area contributed by atoms with Crippen LogP contribution in [0.15, 0.2) is 49.7 Å². The van der Waals surface area contributed by atoms with Gasteiger partial charge < -0.3 is 10.1 Å². The lowest BCUT2D eigenvalue weighted by molar-refractivity contribution is 0.188. The summed E-state index contributed by atoms with van der Waals surface area (Å²) >= 11 is 0. The van der Waals surface area contributed by atoms with Crippen molar-refractivity contribution in [2.24, 2.45) is 5.92 Å². The molecule has 1 aromatic heterocycles. The van der Waals surface area contributed by atoms with Gasteiger partial charge in [-0.1, -0.05) is 12.1 Å². The smallest absolute Gasteiger partial charge is 0.213 e. The zero-order valence-corrected chi connectivity index (χ0v) is 14.5. The molecule has 1 saturated heterocycles. The van der Waals surface area contributed by atoms with E-state index >= 15 is 0 Å². The third-order valence-electron chi connectivity index (χ3n) is 4.33. The minimum Gasteiger partial charge on any atom is -0.477 e. The molecule has 5 heteroatoms. The standard InChI is InChI=1S/C18H20F2N2O.C2H4/c1-12-2-5-18(22-9-12)23-11-14-6-7-21-10-15(14)13-3-4-16(19)17(20)8-13;1-2/h2-5,8-9,14-15,21H,6-7,10-11H2,1H3;1-2H2/t14?,15-;/m1./s1. The number of rotatable bonds is 4. The molecule has 3 nitrogen and oxygen atoms in total. The van der Waals surface area contributed by atoms with Gasteiger partial charge >= 0.3 is 0 Å². The molecular formula is C20H24F2N2O. The van der Waals surface area contributed by atoms with Crippen molar-refractivity contribution in [1.82, 2.24) is 10.3 Å². The predicted octanol–water partition coefficient (Wildman–Crippen LogP) is 4.24. The first-order valence-corrected chi connectivity index (χ1v) is 8.34. The first kappa shape index (κ1) is 19.1. The second-order valence-corrected chi connectivity index (χ2v) is 6.02. The van der Waals surface area contributed by atoms with Crippen LogP contribution in [-0.4, -0.2) is 24.7 Å². The summed E-state index contributed by atoms with van der Waals surface area (Å²) in [6.07, 6.45) is 2.69. The van der Waals surface area contributed by atoms with Crippen molar-refractivity contribution in [3.05, 3.63) is 72.4 Å². The summed E-state index contributed by atoms with van der Waals surface area (Å²) in [5.41, 5.74) is 1.89. The number of halogens is 2. The Balaban J connectivity index is 0.00000109. The number of pyridine rings is 1. The van der Waals surface area contributed by atoms with E-state index in [4.69, 9.17) is 4.74 Å². The largest absolute Gasteiger partial charge is 0.477 e. The van der Waals surface area contributed by atoms with E-state index in [1.54, 1.807) is 12.3 Å². The monoisotopic (exact) mass is 346 g/mol. The molecule has 0 saturated carbocycles. The lowest BCUT2D eigenvalue weighted by Crippen LogP contribution is -2.37. The van der Waals surface area contributed by atoms with E-state index < -0.39 is 11.6 Å². The van der Waals surface area contributed by atoms with Crippen molar-refractivity contribution in [3.8, 4) is 5.88 Å². The average Bonchev–Trinajstić information content (AvgIpc) is 2.65. The van der Waals surface area contributed by atoms with Crippen molar-refractivity contribution in [3.63, 3.8) is 0 Å². The number of benzene rings is 1. The lowest BCUT2D eigenvalue weighted by Gasteiger charge is -2.32. The normalized spacial score (nSPS) is 19.6. The van der Waals surface area contributed by atoms with Crippen LogP contribution in [0, 0.1) is 24.5 Å². The van der Waals surface area contributed by atoms with Crippen molar-refractivity contribution in [2.75, 3.05) is 19.7 Å². The minimum atomic E-state index is -0.811. The van der Waals surface area contributed by atoms with E-state index in [2.05, 4.69) is 23.5 Å². The SMILES string of the molecule is C=C.Cc1ccc(OCC2CCNC[C@@H]2c2ccc(F)c(F)c2)nc1. The van der Waals surface area contributed by atoms with Crippen LogP contribution in [0.25, 0.3) is 0 Å². The maximum absolute atomic E-state index is 13.5. The highest BCUT2D eigenvalue weighted by Gasteiger charge is 2.27. The van der Waals surface area contributed by atoms with Gasteiger partial charge in [-0.2, -0.15) is 0 Å². The van der Waals surface area contributed by atoms with Crippen LogP contribution in [-0.2, 0) is 0 Å². The molecule has 0 radical (unpaired) electrons. The van der Waals surface area contributed by atoms with Crippen LogP contribution in [0.2, 0.25) is 0 Å². The summed E-state index contributed by atoms with van der Waals surface area (Å²) in [7, 11) is 0. The van der Waals surface area contributed by atoms with Gasteiger partial charge in [0.2, 0.25) is 5.88 Å². The lowest BCUT2D eigenvalue weighted by atomic mass is 9.82. The van der Waals surface area contributed by atoms with Crippen molar-refractivity contribution in [1.29, 1.82) is 0 Å². The van der Waals surface area contributed by atoms with Gasteiger partial charge in [-0.3, -0.25) is 0 Å². The maximum Gasteiger partial charge on any atom is 0.213 e. The Kier molecular flexibility index (Phi) is 7.07. The summed E-state index contributed by atoms with van der Waals surface area (Å²) in [6, 6.07) is 7.95. The molecule has 1 aliphatic heterocycles. The quantitative estimate of drug-likeness (QED) is 0.841. The van der Waals surface area contributed by atoms with Crippen molar-refractivity contribution >= 4 is 0 Å². The first-order valence-electron chi connectivity index (χ1n) is 8.34. The zero-order valence-electron chi connectivity index (χ0n) is 14.5. The topological polar surface area (TPSA) is 34.1 Å². The Morgan fingerprint density at radius 2 is 2.00 bits per heavy atom. The third kappa shape index (κ3) is 5.10. The fraction of sp³-hybridized carbons (Fsp3) is 0.350. The van der Waals surface area contributed by atoms with Crippen LogP contribution in [0.5, 0.6) is 5.88 Å². The Hall–Kier alpha value is -2.27. The van der Waals surface area contributed by atoms with E-state index in [1.807, 2.05) is 19.1 Å². The molecule has 2 atom stereocenters. The van der Waals surface area contributed by atoms with Gasteiger partial charge in [-0.15, -0.1) is 13.2 Å². The summed E-state index contributed by atoms with van der Waals surface area (Å²) in [6.45, 7) is 10.1. The molecule has 1 N–H and O–H groups in total. The Morgan fingerprint density at radius 3 is 2.68 bits per heavy atom. The molecule has 0 aliphatic carbocycles. The highest BCUT2D eigenvalue weighted by atomic mass is 19.2. The number of nitrogens with one attached hydrogen (secondary N) is 1. The van der Waals surface area contributed by atoms with Gasteiger partial charge in [0.15, 0.2) is 11.6 Å². The molecule has 1 unspecified atom stereocenters. The van der Waals surface area contributed by atoms with Crippen LogP contribution < -0.4 is 10.1 Å². The van der Waals surface area contributed by atoms with E-state index in [1.165, 1.54) is 12.1 Å². The zero-order chi connectivity index (χ0) is 18.2. The van der Waals surface area contributed by atoms with Gasteiger partial charge in [0, 0.05) is 30.6 Å². The van der Waals surface area contributed by atoms with Crippen molar-refractivity contribution < 1.29 is 13.5 Å². The van der Waals surface area contributed by atoms with Gasteiger partial charge in [-0.25, -0.2) is 13.8 Å². The number of piperidine rings is 1. The van der Waals surface area contributed by atoms with E-state index in [0.717, 1.165) is 30.6 Å². The second-order valence-electron chi connectivity index (χ2n) is 6.02. The number of aryl methyl sites for hydroxylation is 1. The molecule has 134 valence electrons. The molecule has 0 spiro atoms. The van der Waals surface area contributed by atoms with Crippen LogP contribution in [0.3, 0.4) is 0 Å².